The van der Waals surface area contributed by atoms with Crippen molar-refractivity contribution in [3.63, 3.8) is 0 Å². The minimum atomic E-state index is -0.200. The van der Waals surface area contributed by atoms with Gasteiger partial charge in [0.05, 0.1) is 0 Å². The van der Waals surface area contributed by atoms with Gasteiger partial charge in [-0.25, -0.2) is 4.98 Å². The molecule has 1 aliphatic rings. The Kier molecular flexibility index (Phi) is 4.08. The number of aromatic nitrogens is 1. The molecule has 0 atom stereocenters. The number of nitrogens with zero attached hydrogens (tertiary/aromatic N) is 2. The Morgan fingerprint density at radius 3 is 2.82 bits per heavy atom. The molecule has 1 saturated heterocycles. The summed E-state index contributed by atoms with van der Waals surface area (Å²) in [5.41, 5.74) is 0. The number of amides is 2. The maximum absolute atomic E-state index is 11.7. The maximum atomic E-state index is 11.7. The summed E-state index contributed by atoms with van der Waals surface area (Å²) in [4.78, 5) is 29.0. The number of hydrogen-bond donors (Lipinski definition) is 1. The summed E-state index contributed by atoms with van der Waals surface area (Å²) in [7, 11) is 0. The average Bonchev–Trinajstić information content (AvgIpc) is 3.02. The van der Waals surface area contributed by atoms with Crippen molar-refractivity contribution >= 4 is 23.2 Å². The average molecular weight is 253 g/mol. The maximum Gasteiger partial charge on any atom is 0.280 e. The van der Waals surface area contributed by atoms with Gasteiger partial charge in [0.1, 0.15) is 0 Å². The molecule has 0 spiro atoms. The molecular weight excluding hydrogens is 238 g/mol. The van der Waals surface area contributed by atoms with E-state index in [9.17, 15) is 9.59 Å². The number of carbonyl (C=O) groups excluding carboxylic acids is 2. The molecule has 1 aromatic heterocycles. The lowest BCUT2D eigenvalue weighted by Crippen LogP contribution is -2.32. The molecule has 0 unspecified atom stereocenters. The zero-order valence-electron chi connectivity index (χ0n) is 9.52. The number of likely N-dealkylation sites (tertiary alicyclic amines) is 1. The number of nitrogens with one attached hydrogen (secondary N) is 1. The van der Waals surface area contributed by atoms with Gasteiger partial charge in [-0.3, -0.25) is 9.59 Å². The molecule has 0 radical (unpaired) electrons. The van der Waals surface area contributed by atoms with Gasteiger partial charge in [-0.1, -0.05) is 0 Å². The van der Waals surface area contributed by atoms with Gasteiger partial charge in [-0.15, -0.1) is 11.3 Å². The highest BCUT2D eigenvalue weighted by Gasteiger charge is 2.17. The lowest BCUT2D eigenvalue weighted by molar-refractivity contribution is -0.129. The van der Waals surface area contributed by atoms with E-state index in [2.05, 4.69) is 10.3 Å². The molecule has 1 aliphatic heterocycles. The van der Waals surface area contributed by atoms with Crippen LogP contribution in [0.5, 0.6) is 0 Å². The van der Waals surface area contributed by atoms with Crippen LogP contribution in [0.3, 0.4) is 0 Å². The van der Waals surface area contributed by atoms with Crippen LogP contribution in [0, 0.1) is 0 Å². The smallest absolute Gasteiger partial charge is 0.280 e. The molecule has 0 aromatic carbocycles. The normalized spacial score (nSPS) is 14.9. The van der Waals surface area contributed by atoms with E-state index in [1.807, 2.05) is 4.90 Å². The van der Waals surface area contributed by atoms with Gasteiger partial charge in [0.15, 0.2) is 5.01 Å². The van der Waals surface area contributed by atoms with Gasteiger partial charge in [-0.05, 0) is 12.8 Å². The summed E-state index contributed by atoms with van der Waals surface area (Å²) in [5.74, 6) is -0.0730. The molecule has 0 saturated carbocycles. The van der Waals surface area contributed by atoms with Crippen molar-refractivity contribution in [2.24, 2.45) is 0 Å². The van der Waals surface area contributed by atoms with E-state index >= 15 is 0 Å². The van der Waals surface area contributed by atoms with E-state index in [0.29, 0.717) is 18.0 Å². The highest BCUT2D eigenvalue weighted by molar-refractivity contribution is 7.11. The van der Waals surface area contributed by atoms with Crippen molar-refractivity contribution in [1.82, 2.24) is 15.2 Å². The molecule has 5 nitrogen and oxygen atoms in total. The first kappa shape index (κ1) is 12.0. The summed E-state index contributed by atoms with van der Waals surface area (Å²) >= 11 is 1.30. The van der Waals surface area contributed by atoms with E-state index in [0.717, 1.165) is 25.9 Å². The largest absolute Gasteiger partial charge is 0.349 e. The molecule has 6 heteroatoms. The standard InChI is InChI=1S/C11H15N3O2S/c15-9(14-6-1-2-7-14)3-4-12-10(16)11-13-5-8-17-11/h5,8H,1-4,6-7H2,(H,12,16). The van der Waals surface area contributed by atoms with Crippen molar-refractivity contribution in [2.45, 2.75) is 19.3 Å². The Morgan fingerprint density at radius 2 is 2.18 bits per heavy atom. The van der Waals surface area contributed by atoms with Gasteiger partial charge in [0, 0.05) is 37.6 Å². The highest BCUT2D eigenvalue weighted by Crippen LogP contribution is 2.08. The highest BCUT2D eigenvalue weighted by atomic mass is 32.1. The third kappa shape index (κ3) is 3.26. The van der Waals surface area contributed by atoms with Gasteiger partial charge >= 0.3 is 0 Å². The topological polar surface area (TPSA) is 62.3 Å². The fraction of sp³-hybridized carbons (Fsp3) is 0.545. The summed E-state index contributed by atoms with van der Waals surface area (Å²) in [6.45, 7) is 2.10. The molecule has 17 heavy (non-hydrogen) atoms. The van der Waals surface area contributed by atoms with Crippen LogP contribution in [0.2, 0.25) is 0 Å². The van der Waals surface area contributed by atoms with Gasteiger partial charge in [-0.2, -0.15) is 0 Å². The number of rotatable bonds is 4. The first-order valence-electron chi connectivity index (χ1n) is 5.73. The molecule has 2 heterocycles. The van der Waals surface area contributed by atoms with Crippen LogP contribution >= 0.6 is 11.3 Å². The minimum Gasteiger partial charge on any atom is -0.349 e. The predicted octanol–water partition coefficient (Wildman–Crippen LogP) is 0.885. The number of hydrogen-bond acceptors (Lipinski definition) is 4. The molecule has 2 rings (SSSR count). The molecule has 1 aromatic rings. The number of carbonyl (C=O) groups is 2. The third-order valence-electron chi connectivity index (χ3n) is 2.71. The van der Waals surface area contributed by atoms with E-state index in [1.54, 1.807) is 11.6 Å². The summed E-state index contributed by atoms with van der Waals surface area (Å²) in [6, 6.07) is 0. The van der Waals surface area contributed by atoms with Crippen LogP contribution in [0.4, 0.5) is 0 Å². The first-order chi connectivity index (χ1) is 8.27. The second kappa shape index (κ2) is 5.77. The Morgan fingerprint density at radius 1 is 1.41 bits per heavy atom. The minimum absolute atomic E-state index is 0.127. The summed E-state index contributed by atoms with van der Waals surface area (Å²) in [6.07, 6.45) is 4.15. The molecule has 92 valence electrons. The Labute approximate surface area is 104 Å². The van der Waals surface area contributed by atoms with Gasteiger partial charge in [0.2, 0.25) is 5.91 Å². The monoisotopic (exact) mass is 253 g/mol. The number of thiazole rings is 1. The molecule has 1 fully saturated rings. The van der Waals surface area contributed by atoms with Crippen molar-refractivity contribution in [1.29, 1.82) is 0 Å². The van der Waals surface area contributed by atoms with Crippen molar-refractivity contribution < 1.29 is 9.59 Å². The molecule has 1 N–H and O–H groups in total. The fourth-order valence-corrected chi connectivity index (χ4v) is 2.37. The Bertz CT molecular complexity index is 385. The lowest BCUT2D eigenvalue weighted by Gasteiger charge is -2.14. The van der Waals surface area contributed by atoms with E-state index in [1.165, 1.54) is 11.3 Å². The van der Waals surface area contributed by atoms with Crippen molar-refractivity contribution in [2.75, 3.05) is 19.6 Å². The van der Waals surface area contributed by atoms with Crippen LogP contribution in [-0.2, 0) is 4.79 Å². The van der Waals surface area contributed by atoms with Gasteiger partial charge in [0.25, 0.3) is 5.91 Å². The van der Waals surface area contributed by atoms with E-state index < -0.39 is 0 Å². The van der Waals surface area contributed by atoms with Crippen molar-refractivity contribution in [3.05, 3.63) is 16.6 Å². The summed E-state index contributed by atoms with van der Waals surface area (Å²) in [5, 5.41) is 4.90. The van der Waals surface area contributed by atoms with Crippen LogP contribution in [0.25, 0.3) is 0 Å². The Balaban J connectivity index is 1.69. The van der Waals surface area contributed by atoms with Gasteiger partial charge < -0.3 is 10.2 Å². The SMILES string of the molecule is O=C(NCCC(=O)N1CCCC1)c1nccs1. The zero-order valence-corrected chi connectivity index (χ0v) is 10.3. The predicted molar refractivity (Wildman–Crippen MR) is 64.9 cm³/mol. The zero-order chi connectivity index (χ0) is 12.1. The van der Waals surface area contributed by atoms with E-state index in [4.69, 9.17) is 0 Å². The third-order valence-corrected chi connectivity index (χ3v) is 3.48. The first-order valence-corrected chi connectivity index (χ1v) is 6.61. The van der Waals surface area contributed by atoms with Crippen LogP contribution in [0.15, 0.2) is 11.6 Å². The summed E-state index contributed by atoms with van der Waals surface area (Å²) < 4.78 is 0. The lowest BCUT2D eigenvalue weighted by atomic mass is 10.3. The van der Waals surface area contributed by atoms with E-state index in [-0.39, 0.29) is 11.8 Å². The second-order valence-electron chi connectivity index (χ2n) is 3.93. The van der Waals surface area contributed by atoms with Crippen LogP contribution in [0.1, 0.15) is 29.1 Å². The second-order valence-corrected chi connectivity index (χ2v) is 4.83. The Hall–Kier alpha value is -1.43. The molecule has 0 aliphatic carbocycles. The molecule has 0 bridgehead atoms. The molecular formula is C11H15N3O2S. The molecule has 2 amide bonds. The van der Waals surface area contributed by atoms with Crippen LogP contribution in [-0.4, -0.2) is 41.3 Å². The van der Waals surface area contributed by atoms with Crippen molar-refractivity contribution in [3.8, 4) is 0 Å². The fourth-order valence-electron chi connectivity index (χ4n) is 1.82. The van der Waals surface area contributed by atoms with Crippen LogP contribution < -0.4 is 5.32 Å². The quantitative estimate of drug-likeness (QED) is 0.866.